The molecule has 0 spiro atoms. The van der Waals surface area contributed by atoms with Crippen LogP contribution < -0.4 is 9.80 Å². The lowest BCUT2D eigenvalue weighted by atomic mass is 9.82. The van der Waals surface area contributed by atoms with Crippen molar-refractivity contribution in [3.8, 4) is 0 Å². The van der Waals surface area contributed by atoms with Crippen LogP contribution in [0, 0.1) is 0 Å². The number of fused-ring (bicyclic) bond motifs is 2. The predicted octanol–water partition coefficient (Wildman–Crippen LogP) is 8.98. The molecule has 48 heavy (non-hydrogen) atoms. The highest BCUT2D eigenvalue weighted by Crippen LogP contribution is 2.48. The van der Waals surface area contributed by atoms with Gasteiger partial charge in [0.25, 0.3) is 23.6 Å². The van der Waals surface area contributed by atoms with Crippen LogP contribution in [0.4, 0.5) is 11.4 Å². The summed E-state index contributed by atoms with van der Waals surface area (Å²) >= 11 is 0. The number of nitrogens with zero attached hydrogens (tertiary/aromatic N) is 3. The van der Waals surface area contributed by atoms with Gasteiger partial charge < -0.3 is 0 Å². The maximum atomic E-state index is 14.5. The van der Waals surface area contributed by atoms with Gasteiger partial charge in [0.2, 0.25) is 0 Å². The van der Waals surface area contributed by atoms with Crippen molar-refractivity contribution in [2.24, 2.45) is 0 Å². The average Bonchev–Trinajstić information content (AvgIpc) is 3.09. The van der Waals surface area contributed by atoms with E-state index in [1.54, 1.807) is 36.7 Å². The third kappa shape index (κ3) is 3.50. The maximum absolute atomic E-state index is 14.5. The van der Waals surface area contributed by atoms with Crippen molar-refractivity contribution in [3.05, 3.63) is 125 Å². The number of aromatic nitrogens is 1. The van der Waals surface area contributed by atoms with Gasteiger partial charge in [0, 0.05) is 45.4 Å². The van der Waals surface area contributed by atoms with E-state index in [4.69, 9.17) is 0 Å². The van der Waals surface area contributed by atoms with Gasteiger partial charge in [-0.3, -0.25) is 24.2 Å². The van der Waals surface area contributed by atoms with Gasteiger partial charge in [-0.25, -0.2) is 9.80 Å². The SMILES string of the molecule is CC(C)c1cccc(C(C)C)c1N1C(=O)c2ccc3c4ccc5c6c(ccc(c7ccc(c2c37)C1=O)c64)C(=O)N(c1ccncc1)C5=O. The van der Waals surface area contributed by atoms with Gasteiger partial charge in [0.15, 0.2) is 0 Å². The normalized spacial score (nSPS) is 14.7. The summed E-state index contributed by atoms with van der Waals surface area (Å²) < 4.78 is 0. The number of pyridine rings is 1. The highest BCUT2D eigenvalue weighted by atomic mass is 16.2. The van der Waals surface area contributed by atoms with Crippen molar-refractivity contribution in [2.45, 2.75) is 39.5 Å². The van der Waals surface area contributed by atoms with Crippen LogP contribution in [0.5, 0.6) is 0 Å². The lowest BCUT2D eigenvalue weighted by Gasteiger charge is -2.33. The third-order valence-corrected chi connectivity index (χ3v) is 10.1. The molecule has 3 heterocycles. The van der Waals surface area contributed by atoms with Crippen molar-refractivity contribution in [1.29, 1.82) is 0 Å². The maximum Gasteiger partial charge on any atom is 0.266 e. The van der Waals surface area contributed by atoms with E-state index in [-0.39, 0.29) is 23.7 Å². The molecule has 7 heteroatoms. The number of benzene rings is 6. The molecule has 2 aliphatic heterocycles. The van der Waals surface area contributed by atoms with Gasteiger partial charge in [-0.2, -0.15) is 0 Å². The molecule has 0 aliphatic carbocycles. The highest BCUT2D eigenvalue weighted by molar-refractivity contribution is 6.45. The van der Waals surface area contributed by atoms with Crippen molar-refractivity contribution >= 4 is 78.1 Å². The molecule has 7 aromatic rings. The quantitative estimate of drug-likeness (QED) is 0.110. The number of hydrogen-bond acceptors (Lipinski definition) is 5. The Hall–Kier alpha value is -5.95. The van der Waals surface area contributed by atoms with E-state index < -0.39 is 11.8 Å². The van der Waals surface area contributed by atoms with Crippen molar-refractivity contribution in [2.75, 3.05) is 9.80 Å². The molecule has 7 nitrogen and oxygen atoms in total. The van der Waals surface area contributed by atoms with Crippen LogP contribution >= 0.6 is 0 Å². The van der Waals surface area contributed by atoms with Crippen LogP contribution in [0.15, 0.2) is 91.3 Å². The van der Waals surface area contributed by atoms with Crippen LogP contribution in [0.2, 0.25) is 0 Å². The molecule has 1 aromatic heterocycles. The highest BCUT2D eigenvalue weighted by Gasteiger charge is 2.39. The largest absolute Gasteiger partial charge is 0.268 e. The zero-order valence-electron chi connectivity index (χ0n) is 26.8. The van der Waals surface area contributed by atoms with Gasteiger partial charge >= 0.3 is 0 Å². The van der Waals surface area contributed by atoms with Gasteiger partial charge in [0.1, 0.15) is 0 Å². The molecule has 0 radical (unpaired) electrons. The van der Waals surface area contributed by atoms with E-state index >= 15 is 0 Å². The van der Waals surface area contributed by atoms with E-state index in [2.05, 4.69) is 32.7 Å². The second-order valence-corrected chi connectivity index (χ2v) is 13.3. The topological polar surface area (TPSA) is 87.7 Å². The molecule has 9 rings (SSSR count). The second kappa shape index (κ2) is 9.78. The van der Waals surface area contributed by atoms with Gasteiger partial charge in [-0.05, 0) is 91.7 Å². The van der Waals surface area contributed by atoms with Crippen LogP contribution in [0.25, 0.3) is 43.1 Å². The Bertz CT molecular complexity index is 2460. The van der Waals surface area contributed by atoms with E-state index in [1.165, 1.54) is 9.80 Å². The minimum Gasteiger partial charge on any atom is -0.268 e. The Morgan fingerprint density at radius 2 is 0.833 bits per heavy atom. The lowest BCUT2D eigenvalue weighted by molar-refractivity contribution is 0.0877. The van der Waals surface area contributed by atoms with Crippen LogP contribution in [-0.4, -0.2) is 28.6 Å². The summed E-state index contributed by atoms with van der Waals surface area (Å²) in [6, 6.07) is 24.2. The van der Waals surface area contributed by atoms with Gasteiger partial charge in [0.05, 0.1) is 11.4 Å². The zero-order valence-corrected chi connectivity index (χ0v) is 26.8. The summed E-state index contributed by atoms with van der Waals surface area (Å²) in [5.74, 6) is -1.26. The number of anilines is 2. The smallest absolute Gasteiger partial charge is 0.266 e. The van der Waals surface area contributed by atoms with E-state index in [9.17, 15) is 19.2 Å². The van der Waals surface area contributed by atoms with E-state index in [0.29, 0.717) is 44.4 Å². The number of amides is 4. The molecule has 0 saturated carbocycles. The number of hydrogen-bond donors (Lipinski definition) is 0. The van der Waals surface area contributed by atoms with Crippen LogP contribution in [0.3, 0.4) is 0 Å². The molecule has 2 aliphatic rings. The van der Waals surface area contributed by atoms with E-state index in [1.807, 2.05) is 54.6 Å². The fraction of sp³-hybridized carbons (Fsp3) is 0.146. The van der Waals surface area contributed by atoms with Crippen molar-refractivity contribution in [3.63, 3.8) is 0 Å². The molecule has 0 fully saturated rings. The Morgan fingerprint density at radius 3 is 1.21 bits per heavy atom. The number of carbonyl (C=O) groups excluding carboxylic acids is 4. The average molecular weight is 628 g/mol. The molecular weight excluding hydrogens is 598 g/mol. The molecular formula is C41H29N3O4. The molecule has 0 N–H and O–H groups in total. The minimum atomic E-state index is -0.392. The van der Waals surface area contributed by atoms with Crippen LogP contribution in [-0.2, 0) is 0 Å². The fourth-order valence-corrected chi connectivity index (χ4v) is 7.97. The molecule has 232 valence electrons. The Labute approximate surface area is 275 Å². The van der Waals surface area contributed by atoms with Crippen molar-refractivity contribution in [1.82, 2.24) is 4.98 Å². The molecule has 4 amide bonds. The first-order valence-corrected chi connectivity index (χ1v) is 16.2. The number of para-hydroxylation sites is 1. The summed E-state index contributed by atoms with van der Waals surface area (Å²) in [4.78, 5) is 63.4. The first kappa shape index (κ1) is 28.3. The molecule has 6 aromatic carbocycles. The molecule has 0 bridgehead atoms. The molecule has 0 unspecified atom stereocenters. The summed E-state index contributed by atoms with van der Waals surface area (Å²) in [7, 11) is 0. The van der Waals surface area contributed by atoms with Gasteiger partial charge in [-0.1, -0.05) is 70.2 Å². The lowest BCUT2D eigenvalue weighted by Crippen LogP contribution is -2.41. The van der Waals surface area contributed by atoms with Crippen LogP contribution in [0.1, 0.15) is 92.1 Å². The number of imide groups is 2. The number of carbonyl (C=O) groups is 4. The summed E-state index contributed by atoms with van der Waals surface area (Å²) in [6.07, 6.45) is 3.11. The van der Waals surface area contributed by atoms with Gasteiger partial charge in [-0.15, -0.1) is 0 Å². The number of rotatable bonds is 4. The summed E-state index contributed by atoms with van der Waals surface area (Å²) in [6.45, 7) is 8.30. The minimum absolute atomic E-state index is 0.102. The second-order valence-electron chi connectivity index (χ2n) is 13.3. The fourth-order valence-electron chi connectivity index (χ4n) is 7.97. The Morgan fingerprint density at radius 1 is 0.458 bits per heavy atom. The predicted molar refractivity (Wildman–Crippen MR) is 189 cm³/mol. The molecule has 0 atom stereocenters. The third-order valence-electron chi connectivity index (χ3n) is 10.1. The summed E-state index contributed by atoms with van der Waals surface area (Å²) in [5, 5.41) is 6.34. The van der Waals surface area contributed by atoms with Crippen molar-refractivity contribution < 1.29 is 19.2 Å². The standard InChI is InChI=1S/C41H29N3O4/c1-20(2)23-6-5-7-24(21(3)4)37(23)44-40(47)31-14-10-27-25-8-12-29-35-30(39(46)43(38(29)45)22-16-18-42-19-17-22)13-9-26(33(25)35)28-11-15-32(41(44)48)36(31)34(27)28/h5-21H,1-4H3. The molecule has 0 saturated heterocycles. The first-order chi connectivity index (χ1) is 23.2. The Balaban J connectivity index is 1.31. The summed E-state index contributed by atoms with van der Waals surface area (Å²) in [5.41, 5.74) is 4.90. The van der Waals surface area contributed by atoms with E-state index in [0.717, 1.165) is 43.4 Å². The monoisotopic (exact) mass is 627 g/mol. The zero-order chi connectivity index (χ0) is 33.2. The first-order valence-electron chi connectivity index (χ1n) is 16.2. The Kier molecular flexibility index (Phi) is 5.76.